The first kappa shape index (κ1) is 23.4. The molecule has 0 aromatic heterocycles. The molecule has 2 N–H and O–H groups in total. The van der Waals surface area contributed by atoms with Gasteiger partial charge >= 0.3 is 5.97 Å². The van der Waals surface area contributed by atoms with Crippen molar-refractivity contribution in [2.75, 3.05) is 23.3 Å². The Bertz CT molecular complexity index is 1160. The van der Waals surface area contributed by atoms with Gasteiger partial charge in [-0.2, -0.15) is 0 Å². The number of carbonyl (C=O) groups is 3. The quantitative estimate of drug-likeness (QED) is 0.610. The number of esters is 1. The molecule has 1 atom stereocenters. The molecule has 0 radical (unpaired) electrons. The number of nitrogens with zero attached hydrogens (tertiary/aromatic N) is 1. The van der Waals surface area contributed by atoms with Crippen LogP contribution in [0.2, 0.25) is 0 Å². The van der Waals surface area contributed by atoms with E-state index in [9.17, 15) is 22.8 Å². The fraction of sp³-hybridized carbons (Fsp3) is 0.318. The van der Waals surface area contributed by atoms with Gasteiger partial charge in [0, 0.05) is 6.54 Å². The van der Waals surface area contributed by atoms with Crippen molar-refractivity contribution in [3.8, 4) is 0 Å². The molecule has 0 saturated heterocycles. The molecule has 2 aromatic carbocycles. The highest BCUT2D eigenvalue weighted by molar-refractivity contribution is 7.89. The van der Waals surface area contributed by atoms with Gasteiger partial charge in [-0.3, -0.25) is 19.3 Å². The van der Waals surface area contributed by atoms with Crippen LogP contribution < -0.4 is 14.9 Å². The third-order valence-corrected chi connectivity index (χ3v) is 6.56. The molecular weight excluding hydrogens is 434 g/mol. The number of nitrogens with one attached hydrogen (secondary N) is 2. The van der Waals surface area contributed by atoms with Gasteiger partial charge in [0.15, 0.2) is 6.10 Å². The third-order valence-electron chi connectivity index (χ3n) is 5.10. The van der Waals surface area contributed by atoms with Crippen molar-refractivity contribution in [2.45, 2.75) is 38.2 Å². The molecule has 1 heterocycles. The van der Waals surface area contributed by atoms with Crippen LogP contribution in [0.15, 0.2) is 47.4 Å². The number of benzene rings is 2. The molecule has 2 amide bonds. The van der Waals surface area contributed by atoms with Crippen molar-refractivity contribution in [1.29, 1.82) is 0 Å². The number of hydrogen-bond donors (Lipinski definition) is 2. The Morgan fingerprint density at radius 1 is 1.16 bits per heavy atom. The fourth-order valence-electron chi connectivity index (χ4n) is 3.21. The van der Waals surface area contributed by atoms with Crippen LogP contribution in [0.1, 0.15) is 24.5 Å². The van der Waals surface area contributed by atoms with E-state index in [0.717, 1.165) is 11.1 Å². The summed E-state index contributed by atoms with van der Waals surface area (Å²) in [6, 6.07) is 11.6. The number of carbonyl (C=O) groups excluding carboxylic acids is 3. The summed E-state index contributed by atoms with van der Waals surface area (Å²) in [5, 5.41) is 2.68. The average Bonchev–Trinajstić information content (AvgIpc) is 2.74. The Balaban J connectivity index is 1.55. The molecule has 1 aliphatic rings. The molecule has 3 rings (SSSR count). The fourth-order valence-corrected chi connectivity index (χ4v) is 4.32. The van der Waals surface area contributed by atoms with E-state index in [1.54, 1.807) is 36.4 Å². The lowest BCUT2D eigenvalue weighted by atomic mass is 10.1. The second-order valence-electron chi connectivity index (χ2n) is 7.52. The largest absolute Gasteiger partial charge is 0.452 e. The lowest BCUT2D eigenvalue weighted by Crippen LogP contribution is -2.47. The van der Waals surface area contributed by atoms with E-state index < -0.39 is 28.0 Å². The molecule has 10 heteroatoms. The molecule has 1 aliphatic heterocycles. The van der Waals surface area contributed by atoms with Crippen LogP contribution >= 0.6 is 0 Å². The maximum Gasteiger partial charge on any atom is 0.307 e. The van der Waals surface area contributed by atoms with Crippen molar-refractivity contribution in [1.82, 2.24) is 4.72 Å². The Kier molecular flexibility index (Phi) is 6.95. The number of hydrogen-bond acceptors (Lipinski definition) is 6. The maximum absolute atomic E-state index is 12.8. The van der Waals surface area contributed by atoms with Gasteiger partial charge in [0.25, 0.3) is 5.91 Å². The lowest BCUT2D eigenvalue weighted by Gasteiger charge is -2.30. The van der Waals surface area contributed by atoms with E-state index in [4.69, 9.17) is 4.74 Å². The number of rotatable bonds is 7. The molecule has 9 nitrogen and oxygen atoms in total. The molecule has 32 heavy (non-hydrogen) atoms. The molecule has 0 saturated carbocycles. The molecule has 2 aromatic rings. The van der Waals surface area contributed by atoms with Crippen molar-refractivity contribution in [3.63, 3.8) is 0 Å². The van der Waals surface area contributed by atoms with Crippen LogP contribution in [0.4, 0.5) is 11.4 Å². The summed E-state index contributed by atoms with van der Waals surface area (Å²) >= 11 is 0. The number of aryl methyl sites for hydroxylation is 2. The molecule has 0 spiro atoms. The second kappa shape index (κ2) is 9.49. The van der Waals surface area contributed by atoms with Crippen LogP contribution in [0, 0.1) is 13.8 Å². The smallest absolute Gasteiger partial charge is 0.307 e. The monoisotopic (exact) mass is 459 g/mol. The van der Waals surface area contributed by atoms with Gasteiger partial charge in [-0.1, -0.05) is 18.2 Å². The number of anilines is 2. The summed E-state index contributed by atoms with van der Waals surface area (Å²) in [5.41, 5.74) is 2.82. The Morgan fingerprint density at radius 2 is 1.88 bits per heavy atom. The number of sulfonamides is 1. The van der Waals surface area contributed by atoms with Gasteiger partial charge in [0.05, 0.1) is 22.7 Å². The molecule has 0 aliphatic carbocycles. The SMILES string of the molecule is Cc1ccc(S(=O)(=O)NCCC(=O)O[C@@H](C)C(=O)N2CC(=O)Nc3ccccc32)cc1C. The van der Waals surface area contributed by atoms with Crippen LogP contribution in [-0.4, -0.2) is 45.4 Å². The Hall–Kier alpha value is -3.24. The van der Waals surface area contributed by atoms with Crippen molar-refractivity contribution < 1.29 is 27.5 Å². The van der Waals surface area contributed by atoms with E-state index in [1.807, 2.05) is 13.8 Å². The first-order chi connectivity index (χ1) is 15.1. The summed E-state index contributed by atoms with van der Waals surface area (Å²) in [4.78, 5) is 38.2. The highest BCUT2D eigenvalue weighted by Gasteiger charge is 2.31. The zero-order chi connectivity index (χ0) is 23.5. The standard InChI is InChI=1S/C22H25N3O6S/c1-14-8-9-17(12-15(14)2)32(29,30)23-11-10-21(27)31-16(3)22(28)25-13-20(26)24-18-6-4-5-7-19(18)25/h4-9,12,16,23H,10-11,13H2,1-3H3,(H,24,26)/t16-/m0/s1. The number of amides is 2. The van der Waals surface area contributed by atoms with E-state index >= 15 is 0 Å². The van der Waals surface area contributed by atoms with Crippen molar-refractivity contribution >= 4 is 39.2 Å². The van der Waals surface area contributed by atoms with Crippen LogP contribution in [-0.2, 0) is 29.1 Å². The van der Waals surface area contributed by atoms with Crippen LogP contribution in [0.25, 0.3) is 0 Å². The van der Waals surface area contributed by atoms with Gasteiger partial charge in [0.2, 0.25) is 15.9 Å². The summed E-state index contributed by atoms with van der Waals surface area (Å²) in [7, 11) is -3.77. The minimum atomic E-state index is -3.77. The highest BCUT2D eigenvalue weighted by Crippen LogP contribution is 2.29. The summed E-state index contributed by atoms with van der Waals surface area (Å²) in [6.45, 7) is 4.74. The van der Waals surface area contributed by atoms with E-state index in [1.165, 1.54) is 17.9 Å². The van der Waals surface area contributed by atoms with Gasteiger partial charge in [-0.15, -0.1) is 0 Å². The zero-order valence-electron chi connectivity index (χ0n) is 18.0. The van der Waals surface area contributed by atoms with Crippen LogP contribution in [0.3, 0.4) is 0 Å². The summed E-state index contributed by atoms with van der Waals surface area (Å²) in [5.74, 6) is -1.63. The summed E-state index contributed by atoms with van der Waals surface area (Å²) in [6.07, 6.45) is -1.39. The Morgan fingerprint density at radius 3 is 2.59 bits per heavy atom. The number of para-hydroxylation sites is 2. The number of ether oxygens (including phenoxy) is 1. The third kappa shape index (κ3) is 5.32. The molecule has 0 unspecified atom stereocenters. The lowest BCUT2D eigenvalue weighted by molar-refractivity contribution is -0.153. The topological polar surface area (TPSA) is 122 Å². The molecule has 0 fully saturated rings. The van der Waals surface area contributed by atoms with E-state index in [2.05, 4.69) is 10.0 Å². The average molecular weight is 460 g/mol. The Labute approximate surface area is 186 Å². The zero-order valence-corrected chi connectivity index (χ0v) is 18.9. The van der Waals surface area contributed by atoms with Crippen LogP contribution in [0.5, 0.6) is 0 Å². The predicted molar refractivity (Wildman–Crippen MR) is 119 cm³/mol. The van der Waals surface area contributed by atoms with Gasteiger partial charge in [0.1, 0.15) is 6.54 Å². The molecule has 0 bridgehead atoms. The minimum Gasteiger partial charge on any atom is -0.452 e. The molecular formula is C22H25N3O6S. The first-order valence-electron chi connectivity index (χ1n) is 10.0. The van der Waals surface area contributed by atoms with Gasteiger partial charge in [-0.25, -0.2) is 13.1 Å². The minimum absolute atomic E-state index is 0.111. The number of fused-ring (bicyclic) bond motifs is 1. The predicted octanol–water partition coefficient (Wildman–Crippen LogP) is 1.89. The van der Waals surface area contributed by atoms with E-state index in [-0.39, 0.29) is 30.3 Å². The normalized spacial score (nSPS) is 14.3. The highest BCUT2D eigenvalue weighted by atomic mass is 32.2. The van der Waals surface area contributed by atoms with E-state index in [0.29, 0.717) is 11.4 Å². The molecule has 170 valence electrons. The van der Waals surface area contributed by atoms with Crippen molar-refractivity contribution in [3.05, 3.63) is 53.6 Å². The van der Waals surface area contributed by atoms with Gasteiger partial charge < -0.3 is 10.1 Å². The van der Waals surface area contributed by atoms with Crippen molar-refractivity contribution in [2.24, 2.45) is 0 Å². The van der Waals surface area contributed by atoms with Gasteiger partial charge in [-0.05, 0) is 56.2 Å². The summed E-state index contributed by atoms with van der Waals surface area (Å²) < 4.78 is 32.3. The second-order valence-corrected chi connectivity index (χ2v) is 9.28. The maximum atomic E-state index is 12.8. The first-order valence-corrected chi connectivity index (χ1v) is 11.5.